The zero-order valence-corrected chi connectivity index (χ0v) is 10.2. The lowest BCUT2D eigenvalue weighted by atomic mass is 10.4. The average Bonchev–Trinajstić information content (AvgIpc) is 3.00. The first kappa shape index (κ1) is 12.2. The van der Waals surface area contributed by atoms with Crippen LogP contribution in [0.4, 0.5) is 5.69 Å². The van der Waals surface area contributed by atoms with Gasteiger partial charge in [-0.1, -0.05) is 4.49 Å². The largest absolute Gasteiger partial charge is 0.468 e. The summed E-state index contributed by atoms with van der Waals surface area (Å²) >= 11 is 1.09. The van der Waals surface area contributed by atoms with Crippen LogP contribution in [-0.4, -0.2) is 38.4 Å². The molecule has 1 amide bonds. The van der Waals surface area contributed by atoms with Gasteiger partial charge in [0.1, 0.15) is 6.54 Å². The Labute approximate surface area is 106 Å². The second-order valence-electron chi connectivity index (χ2n) is 3.25. The van der Waals surface area contributed by atoms with E-state index in [-0.39, 0.29) is 18.1 Å². The lowest BCUT2D eigenvalue weighted by molar-refractivity contribution is -0.141. The van der Waals surface area contributed by atoms with Crippen molar-refractivity contribution in [2.75, 3.05) is 12.4 Å². The first-order chi connectivity index (χ1) is 8.69. The second-order valence-corrected chi connectivity index (χ2v) is 3.86. The molecule has 0 atom stereocenters. The highest BCUT2D eigenvalue weighted by molar-refractivity contribution is 7.03. The van der Waals surface area contributed by atoms with Crippen LogP contribution in [0, 0.1) is 0 Å². The predicted octanol–water partition coefficient (Wildman–Crippen LogP) is 0.160. The van der Waals surface area contributed by atoms with Gasteiger partial charge in [-0.25, -0.2) is 0 Å². The van der Waals surface area contributed by atoms with E-state index in [9.17, 15) is 9.59 Å². The highest BCUT2D eigenvalue weighted by Gasteiger charge is 2.11. The van der Waals surface area contributed by atoms with Gasteiger partial charge < -0.3 is 10.1 Å². The maximum Gasteiger partial charge on any atom is 0.327 e. The molecule has 8 nitrogen and oxygen atoms in total. The molecule has 2 aromatic rings. The Morgan fingerprint density at radius 1 is 1.56 bits per heavy atom. The summed E-state index contributed by atoms with van der Waals surface area (Å²) in [6.07, 6.45) is 2.95. The molecule has 2 rings (SSSR count). The number of amides is 1. The minimum atomic E-state index is -0.417. The summed E-state index contributed by atoms with van der Waals surface area (Å²) in [5, 5.41) is 11.7. The van der Waals surface area contributed by atoms with Crippen molar-refractivity contribution in [3.63, 3.8) is 0 Å². The predicted molar refractivity (Wildman–Crippen MR) is 62.1 cm³/mol. The number of ether oxygens (including phenoxy) is 1. The summed E-state index contributed by atoms with van der Waals surface area (Å²) in [5.74, 6) is -0.791. The molecular weight excluding hydrogens is 258 g/mol. The van der Waals surface area contributed by atoms with E-state index < -0.39 is 5.97 Å². The molecule has 0 unspecified atom stereocenters. The van der Waals surface area contributed by atoms with Gasteiger partial charge in [-0.2, -0.15) is 5.10 Å². The summed E-state index contributed by atoms with van der Waals surface area (Å²) in [7, 11) is 1.30. The van der Waals surface area contributed by atoms with E-state index in [0.717, 1.165) is 11.5 Å². The average molecular weight is 267 g/mol. The summed E-state index contributed by atoms with van der Waals surface area (Å²) < 4.78 is 9.45. The van der Waals surface area contributed by atoms with E-state index >= 15 is 0 Å². The molecule has 0 spiro atoms. The van der Waals surface area contributed by atoms with E-state index in [0.29, 0.717) is 5.69 Å². The summed E-state index contributed by atoms with van der Waals surface area (Å²) in [4.78, 5) is 22.6. The molecule has 18 heavy (non-hydrogen) atoms. The maximum atomic E-state index is 11.6. The highest BCUT2D eigenvalue weighted by atomic mass is 32.1. The molecular formula is C9H9N5O3S. The molecule has 0 aliphatic carbocycles. The van der Waals surface area contributed by atoms with Crippen molar-refractivity contribution in [1.82, 2.24) is 19.4 Å². The Kier molecular flexibility index (Phi) is 3.63. The fourth-order valence-corrected chi connectivity index (χ4v) is 1.61. The number of hydrogen-bond acceptors (Lipinski definition) is 7. The number of carbonyl (C=O) groups is 2. The number of esters is 1. The van der Waals surface area contributed by atoms with Crippen LogP contribution in [-0.2, 0) is 16.1 Å². The number of aromatic nitrogens is 4. The van der Waals surface area contributed by atoms with Crippen LogP contribution in [0.3, 0.4) is 0 Å². The highest BCUT2D eigenvalue weighted by Crippen LogP contribution is 2.07. The van der Waals surface area contributed by atoms with Gasteiger partial charge in [0.15, 0.2) is 5.69 Å². The molecule has 0 bridgehead atoms. The Morgan fingerprint density at radius 3 is 3.06 bits per heavy atom. The molecule has 0 saturated carbocycles. The van der Waals surface area contributed by atoms with Crippen LogP contribution in [0.15, 0.2) is 17.8 Å². The van der Waals surface area contributed by atoms with Crippen molar-refractivity contribution >= 4 is 29.1 Å². The first-order valence-corrected chi connectivity index (χ1v) is 5.70. The molecule has 94 valence electrons. The lowest BCUT2D eigenvalue weighted by Crippen LogP contribution is -2.13. The van der Waals surface area contributed by atoms with Crippen molar-refractivity contribution in [1.29, 1.82) is 0 Å². The molecule has 2 aromatic heterocycles. The standard InChI is InChI=1S/C9H9N5O3S/c1-17-8(15)4-14-3-6(2-10-14)11-9(16)7-5-18-13-12-7/h2-3,5H,4H2,1H3,(H,11,16). The second kappa shape index (κ2) is 5.36. The molecule has 0 saturated heterocycles. The number of methoxy groups -OCH3 is 1. The summed E-state index contributed by atoms with van der Waals surface area (Å²) in [6.45, 7) is -0.00930. The maximum absolute atomic E-state index is 11.6. The van der Waals surface area contributed by atoms with Crippen molar-refractivity contribution in [3.05, 3.63) is 23.5 Å². The lowest BCUT2D eigenvalue weighted by Gasteiger charge is -1.99. The number of rotatable bonds is 4. The minimum Gasteiger partial charge on any atom is -0.468 e. The van der Waals surface area contributed by atoms with Gasteiger partial charge in [0.2, 0.25) is 0 Å². The van der Waals surface area contributed by atoms with E-state index in [4.69, 9.17) is 0 Å². The zero-order chi connectivity index (χ0) is 13.0. The molecule has 0 aromatic carbocycles. The van der Waals surface area contributed by atoms with Crippen molar-refractivity contribution in [3.8, 4) is 0 Å². The fraction of sp³-hybridized carbons (Fsp3) is 0.222. The molecule has 0 fully saturated rings. The normalized spacial score (nSPS) is 10.1. The van der Waals surface area contributed by atoms with Crippen molar-refractivity contribution < 1.29 is 14.3 Å². The van der Waals surface area contributed by atoms with E-state index in [1.54, 1.807) is 0 Å². The monoisotopic (exact) mass is 267 g/mol. The number of hydrogen-bond donors (Lipinski definition) is 1. The quantitative estimate of drug-likeness (QED) is 0.792. The zero-order valence-electron chi connectivity index (χ0n) is 9.36. The molecule has 2 heterocycles. The smallest absolute Gasteiger partial charge is 0.327 e. The van der Waals surface area contributed by atoms with Gasteiger partial charge in [0.05, 0.1) is 19.0 Å². The Morgan fingerprint density at radius 2 is 2.39 bits per heavy atom. The number of nitrogens with zero attached hydrogens (tertiary/aromatic N) is 4. The van der Waals surface area contributed by atoms with Gasteiger partial charge in [0, 0.05) is 11.6 Å². The molecule has 0 aliphatic rings. The Hall–Kier alpha value is -2.29. The molecule has 1 N–H and O–H groups in total. The third-order valence-electron chi connectivity index (χ3n) is 2.00. The van der Waals surface area contributed by atoms with Crippen molar-refractivity contribution in [2.24, 2.45) is 0 Å². The number of nitrogens with one attached hydrogen (secondary N) is 1. The van der Waals surface area contributed by atoms with E-state index in [1.165, 1.54) is 29.6 Å². The molecule has 0 radical (unpaired) electrons. The van der Waals surface area contributed by atoms with Gasteiger partial charge in [-0.15, -0.1) is 5.10 Å². The van der Waals surface area contributed by atoms with E-state index in [2.05, 4.69) is 24.7 Å². The van der Waals surface area contributed by atoms with Gasteiger partial charge in [-0.05, 0) is 11.5 Å². The Bertz CT molecular complexity index is 550. The van der Waals surface area contributed by atoms with Crippen LogP contribution in [0.2, 0.25) is 0 Å². The SMILES string of the molecule is COC(=O)Cn1cc(NC(=O)c2csnn2)cn1. The Balaban J connectivity index is 1.98. The van der Waals surface area contributed by atoms with Crippen LogP contribution in [0.25, 0.3) is 0 Å². The molecule has 0 aliphatic heterocycles. The molecule has 9 heteroatoms. The van der Waals surface area contributed by atoms with Crippen LogP contribution >= 0.6 is 11.5 Å². The van der Waals surface area contributed by atoms with E-state index in [1.807, 2.05) is 0 Å². The van der Waals surface area contributed by atoms with Crippen LogP contribution in [0.5, 0.6) is 0 Å². The van der Waals surface area contributed by atoms with Crippen molar-refractivity contribution in [2.45, 2.75) is 6.54 Å². The third-order valence-corrected chi connectivity index (χ3v) is 2.51. The third kappa shape index (κ3) is 2.88. The van der Waals surface area contributed by atoms with Gasteiger partial charge in [0.25, 0.3) is 5.91 Å². The number of anilines is 1. The summed E-state index contributed by atoms with van der Waals surface area (Å²) in [5.41, 5.74) is 0.706. The summed E-state index contributed by atoms with van der Waals surface area (Å²) in [6, 6.07) is 0. The van der Waals surface area contributed by atoms with Crippen LogP contribution in [0.1, 0.15) is 10.5 Å². The first-order valence-electron chi connectivity index (χ1n) is 4.86. The van der Waals surface area contributed by atoms with Gasteiger partial charge in [-0.3, -0.25) is 14.3 Å². The minimum absolute atomic E-state index is 0.00930. The number of carbonyl (C=O) groups excluding carboxylic acids is 2. The fourth-order valence-electron chi connectivity index (χ4n) is 1.17. The van der Waals surface area contributed by atoms with Crippen LogP contribution < -0.4 is 5.32 Å². The topological polar surface area (TPSA) is 99.0 Å². The van der Waals surface area contributed by atoms with Gasteiger partial charge >= 0.3 is 5.97 Å².